The zero-order valence-electron chi connectivity index (χ0n) is 16.2. The number of nitrogens with one attached hydrogen (secondary N) is 1. The molecule has 2 fully saturated rings. The molecule has 0 radical (unpaired) electrons. The smallest absolute Gasteiger partial charge is 0.158 e. The van der Waals surface area contributed by atoms with Crippen molar-refractivity contribution in [1.29, 1.82) is 0 Å². The average Bonchev–Trinajstić information content (AvgIpc) is 2.68. The van der Waals surface area contributed by atoms with Gasteiger partial charge in [0.25, 0.3) is 0 Å². The zero-order valence-corrected chi connectivity index (χ0v) is 17.1. The van der Waals surface area contributed by atoms with Crippen LogP contribution < -0.4 is 15.0 Å². The largest absolute Gasteiger partial charge is 0.455 e. The Hall–Kier alpha value is -2.19. The lowest BCUT2D eigenvalue weighted by atomic mass is 9.94. The molecule has 1 spiro atoms. The van der Waals surface area contributed by atoms with Gasteiger partial charge in [-0.05, 0) is 43.5 Å². The quantitative estimate of drug-likeness (QED) is 0.822. The second-order valence-electron chi connectivity index (χ2n) is 7.79. The molecule has 2 aromatic rings. The third-order valence-electron chi connectivity index (χ3n) is 5.93. The predicted molar refractivity (Wildman–Crippen MR) is 108 cm³/mol. The van der Waals surface area contributed by atoms with Crippen molar-refractivity contribution in [3.8, 4) is 11.5 Å². The minimum atomic E-state index is -3.15. The summed E-state index contributed by atoms with van der Waals surface area (Å²) in [6.07, 6.45) is 0.996. The molecule has 0 aliphatic carbocycles. The summed E-state index contributed by atoms with van der Waals surface area (Å²) < 4.78 is 58.2. The Morgan fingerprint density at radius 3 is 2.59 bits per heavy atom. The van der Waals surface area contributed by atoms with Crippen molar-refractivity contribution < 1.29 is 21.9 Å². The molecule has 0 atom stereocenters. The Bertz CT molecular complexity index is 1020. The summed E-state index contributed by atoms with van der Waals surface area (Å²) in [5.41, 5.74) is 1.16. The van der Waals surface area contributed by atoms with E-state index < -0.39 is 26.2 Å². The number of anilines is 1. The van der Waals surface area contributed by atoms with Crippen LogP contribution in [-0.4, -0.2) is 45.1 Å². The molecule has 0 bridgehead atoms. The van der Waals surface area contributed by atoms with E-state index >= 15 is 0 Å². The standard InChI is InChI=1S/C21H24F2N2O3S/c1-15-11-19(20(13-18(15)23)28-17-4-2-3-16(22)12-17)25-8-5-21(6-9-25)14-24-7-10-29(21,26)27/h2-4,11-13,24H,5-10,14H2,1H3. The molecule has 0 unspecified atom stereocenters. The Morgan fingerprint density at radius 1 is 1.14 bits per heavy atom. The molecule has 156 valence electrons. The van der Waals surface area contributed by atoms with Crippen LogP contribution in [0.5, 0.6) is 11.5 Å². The highest BCUT2D eigenvalue weighted by molar-refractivity contribution is 7.92. The second-order valence-corrected chi connectivity index (χ2v) is 10.3. The Balaban J connectivity index is 1.61. The fraction of sp³-hybridized carbons (Fsp3) is 0.429. The fourth-order valence-electron chi connectivity index (χ4n) is 4.13. The third kappa shape index (κ3) is 3.83. The number of hydrogen-bond donors (Lipinski definition) is 1. The van der Waals surface area contributed by atoms with Gasteiger partial charge >= 0.3 is 0 Å². The third-order valence-corrected chi connectivity index (χ3v) is 8.55. The van der Waals surface area contributed by atoms with Gasteiger partial charge in [0.2, 0.25) is 0 Å². The van der Waals surface area contributed by atoms with Crippen LogP contribution in [0.1, 0.15) is 18.4 Å². The van der Waals surface area contributed by atoms with Gasteiger partial charge in [-0.2, -0.15) is 0 Å². The van der Waals surface area contributed by atoms with Gasteiger partial charge in [-0.25, -0.2) is 17.2 Å². The topological polar surface area (TPSA) is 58.6 Å². The SMILES string of the molecule is Cc1cc(N2CCC3(CC2)CNCCS3(=O)=O)c(Oc2cccc(F)c2)cc1F. The van der Waals surface area contributed by atoms with Crippen LogP contribution >= 0.6 is 0 Å². The molecule has 29 heavy (non-hydrogen) atoms. The molecular weight excluding hydrogens is 398 g/mol. The first-order valence-electron chi connectivity index (χ1n) is 9.71. The van der Waals surface area contributed by atoms with E-state index in [0.717, 1.165) is 0 Å². The van der Waals surface area contributed by atoms with Gasteiger partial charge in [-0.15, -0.1) is 0 Å². The van der Waals surface area contributed by atoms with E-state index in [4.69, 9.17) is 4.74 Å². The molecule has 2 aromatic carbocycles. The first kappa shape index (κ1) is 20.1. The number of hydrogen-bond acceptors (Lipinski definition) is 5. The second kappa shape index (κ2) is 7.57. The van der Waals surface area contributed by atoms with Crippen molar-refractivity contribution in [2.45, 2.75) is 24.5 Å². The van der Waals surface area contributed by atoms with E-state index in [-0.39, 0.29) is 11.5 Å². The van der Waals surface area contributed by atoms with Gasteiger partial charge < -0.3 is 15.0 Å². The summed E-state index contributed by atoms with van der Waals surface area (Å²) >= 11 is 0. The van der Waals surface area contributed by atoms with Crippen LogP contribution in [0.3, 0.4) is 0 Å². The van der Waals surface area contributed by atoms with E-state index in [2.05, 4.69) is 5.32 Å². The highest BCUT2D eigenvalue weighted by Crippen LogP contribution is 2.39. The highest BCUT2D eigenvalue weighted by atomic mass is 32.2. The molecule has 0 aromatic heterocycles. The average molecular weight is 422 g/mol. The van der Waals surface area contributed by atoms with Crippen LogP contribution in [-0.2, 0) is 9.84 Å². The van der Waals surface area contributed by atoms with Crippen molar-refractivity contribution >= 4 is 15.5 Å². The number of halogens is 2. The number of aryl methyl sites for hydroxylation is 1. The molecule has 0 amide bonds. The summed E-state index contributed by atoms with van der Waals surface area (Å²) in [4.78, 5) is 2.02. The molecule has 1 N–H and O–H groups in total. The Kier molecular flexibility index (Phi) is 5.25. The van der Waals surface area contributed by atoms with E-state index in [9.17, 15) is 17.2 Å². The van der Waals surface area contributed by atoms with Crippen LogP contribution in [0.15, 0.2) is 36.4 Å². The van der Waals surface area contributed by atoms with Gasteiger partial charge in [0.15, 0.2) is 15.6 Å². The number of piperidine rings is 1. The monoisotopic (exact) mass is 422 g/mol. The van der Waals surface area contributed by atoms with Crippen LogP contribution in [0, 0.1) is 18.6 Å². The van der Waals surface area contributed by atoms with Crippen LogP contribution in [0.25, 0.3) is 0 Å². The molecule has 4 rings (SSSR count). The fourth-order valence-corrected chi connectivity index (χ4v) is 6.10. The molecule has 5 nitrogen and oxygen atoms in total. The van der Waals surface area contributed by atoms with Crippen molar-refractivity contribution in [1.82, 2.24) is 5.32 Å². The zero-order chi connectivity index (χ0) is 20.6. The Labute approximate surface area is 169 Å². The first-order valence-corrected chi connectivity index (χ1v) is 11.4. The maximum Gasteiger partial charge on any atom is 0.158 e. The van der Waals surface area contributed by atoms with Crippen LogP contribution in [0.4, 0.5) is 14.5 Å². The number of sulfone groups is 1. The maximum absolute atomic E-state index is 14.2. The normalized spacial score (nSPS) is 20.6. The lowest BCUT2D eigenvalue weighted by Crippen LogP contribution is -2.59. The summed E-state index contributed by atoms with van der Waals surface area (Å²) in [5.74, 6) is -0.114. The number of nitrogens with zero attached hydrogens (tertiary/aromatic N) is 1. The molecule has 0 saturated carbocycles. The number of rotatable bonds is 3. The summed E-state index contributed by atoms with van der Waals surface area (Å²) in [6, 6.07) is 8.70. The van der Waals surface area contributed by atoms with E-state index in [0.29, 0.717) is 56.0 Å². The Morgan fingerprint density at radius 2 is 1.90 bits per heavy atom. The van der Waals surface area contributed by atoms with Crippen molar-refractivity contribution in [2.75, 3.05) is 36.8 Å². The molecule has 2 aliphatic heterocycles. The van der Waals surface area contributed by atoms with Gasteiger partial charge in [0.05, 0.1) is 16.2 Å². The summed E-state index contributed by atoms with van der Waals surface area (Å²) in [7, 11) is -3.15. The molecule has 2 saturated heterocycles. The van der Waals surface area contributed by atoms with Gasteiger partial charge in [0.1, 0.15) is 17.4 Å². The van der Waals surface area contributed by atoms with E-state index in [1.165, 1.54) is 24.3 Å². The van der Waals surface area contributed by atoms with Crippen molar-refractivity contribution in [3.63, 3.8) is 0 Å². The lowest BCUT2D eigenvalue weighted by Gasteiger charge is -2.44. The molecular formula is C21H24F2N2O3S. The van der Waals surface area contributed by atoms with Crippen LogP contribution in [0.2, 0.25) is 0 Å². The highest BCUT2D eigenvalue weighted by Gasteiger charge is 2.47. The summed E-state index contributed by atoms with van der Waals surface area (Å²) in [6.45, 7) is 3.68. The predicted octanol–water partition coefficient (Wildman–Crippen LogP) is 3.42. The summed E-state index contributed by atoms with van der Waals surface area (Å²) in [5, 5.41) is 3.21. The maximum atomic E-state index is 14.2. The number of benzene rings is 2. The van der Waals surface area contributed by atoms with Gasteiger partial charge in [-0.3, -0.25) is 0 Å². The first-order chi connectivity index (χ1) is 13.8. The van der Waals surface area contributed by atoms with E-state index in [1.54, 1.807) is 19.1 Å². The van der Waals surface area contributed by atoms with Crippen molar-refractivity contribution in [3.05, 3.63) is 53.6 Å². The molecule has 2 heterocycles. The van der Waals surface area contributed by atoms with Gasteiger partial charge in [-0.1, -0.05) is 6.07 Å². The lowest BCUT2D eigenvalue weighted by molar-refractivity contribution is 0.380. The van der Waals surface area contributed by atoms with Crippen molar-refractivity contribution in [2.24, 2.45) is 0 Å². The van der Waals surface area contributed by atoms with E-state index in [1.807, 2.05) is 4.90 Å². The molecule has 8 heteroatoms. The van der Waals surface area contributed by atoms with Gasteiger partial charge in [0, 0.05) is 38.3 Å². The minimum absolute atomic E-state index is 0.163. The minimum Gasteiger partial charge on any atom is -0.455 e. The molecule has 2 aliphatic rings. The number of ether oxygens (including phenoxy) is 1.